The standard InChI is InChI=1S/C18H24N2O5/c1-5-20(6-2)8-7-19-17(21)14-11-13-15(24-4)9-12(23-3)10-16(13)25-18(14)22/h9-11H,5-8H2,1-4H3,(H,19,21). The number of carbonyl (C=O) groups excluding carboxylic acids is 1. The number of rotatable bonds is 8. The van der Waals surface area contributed by atoms with Crippen LogP contribution in [0.4, 0.5) is 0 Å². The lowest BCUT2D eigenvalue weighted by atomic mass is 10.1. The van der Waals surface area contributed by atoms with Crippen molar-refractivity contribution in [2.45, 2.75) is 13.8 Å². The van der Waals surface area contributed by atoms with Crippen LogP contribution < -0.4 is 20.4 Å². The van der Waals surface area contributed by atoms with Crippen LogP contribution in [-0.4, -0.2) is 51.2 Å². The van der Waals surface area contributed by atoms with Gasteiger partial charge in [-0.25, -0.2) is 4.79 Å². The van der Waals surface area contributed by atoms with Crippen molar-refractivity contribution >= 4 is 16.9 Å². The Kier molecular flexibility index (Phi) is 6.41. The van der Waals surface area contributed by atoms with Crippen LogP contribution in [0.2, 0.25) is 0 Å². The summed E-state index contributed by atoms with van der Waals surface area (Å²) in [5, 5.41) is 3.30. The second kappa shape index (κ2) is 8.53. The Morgan fingerprint density at radius 3 is 2.48 bits per heavy atom. The molecule has 1 aromatic heterocycles. The Bertz CT molecular complexity index is 796. The SMILES string of the molecule is CCN(CC)CCNC(=O)c1cc2c(OC)cc(OC)cc2oc1=O. The minimum Gasteiger partial charge on any atom is -0.496 e. The number of ether oxygens (including phenoxy) is 2. The van der Waals surface area contributed by atoms with Crippen molar-refractivity contribution in [1.82, 2.24) is 10.2 Å². The maximum absolute atomic E-state index is 12.3. The van der Waals surface area contributed by atoms with E-state index in [2.05, 4.69) is 24.1 Å². The van der Waals surface area contributed by atoms with Crippen molar-refractivity contribution in [3.05, 3.63) is 34.2 Å². The molecule has 0 saturated heterocycles. The fourth-order valence-corrected chi connectivity index (χ4v) is 2.57. The van der Waals surface area contributed by atoms with Gasteiger partial charge in [0.1, 0.15) is 22.6 Å². The number of nitrogens with one attached hydrogen (secondary N) is 1. The number of hydrogen-bond donors (Lipinski definition) is 1. The lowest BCUT2D eigenvalue weighted by Crippen LogP contribution is -2.36. The van der Waals surface area contributed by atoms with Crippen LogP contribution >= 0.6 is 0 Å². The average Bonchev–Trinajstić information content (AvgIpc) is 2.63. The van der Waals surface area contributed by atoms with Gasteiger partial charge in [0.05, 0.1) is 19.6 Å². The molecule has 7 nitrogen and oxygen atoms in total. The summed E-state index contributed by atoms with van der Waals surface area (Å²) in [5.74, 6) is 0.514. The summed E-state index contributed by atoms with van der Waals surface area (Å²) in [6, 6.07) is 4.75. The quantitative estimate of drug-likeness (QED) is 0.734. The maximum atomic E-state index is 12.3. The summed E-state index contributed by atoms with van der Waals surface area (Å²) in [4.78, 5) is 26.7. The van der Waals surface area contributed by atoms with E-state index >= 15 is 0 Å². The van der Waals surface area contributed by atoms with E-state index < -0.39 is 11.5 Å². The van der Waals surface area contributed by atoms with Crippen LogP contribution in [0.1, 0.15) is 24.2 Å². The lowest BCUT2D eigenvalue weighted by Gasteiger charge is -2.17. The molecular weight excluding hydrogens is 324 g/mol. The molecule has 0 aliphatic carbocycles. The first kappa shape index (κ1) is 18.8. The zero-order chi connectivity index (χ0) is 18.4. The Labute approximate surface area is 146 Å². The molecule has 0 radical (unpaired) electrons. The van der Waals surface area contributed by atoms with Crippen molar-refractivity contribution in [2.75, 3.05) is 40.4 Å². The maximum Gasteiger partial charge on any atom is 0.349 e. The van der Waals surface area contributed by atoms with Gasteiger partial charge in [0.15, 0.2) is 0 Å². The third-order valence-electron chi connectivity index (χ3n) is 4.10. The predicted octanol–water partition coefficient (Wildman–Crippen LogP) is 1.88. The third-order valence-corrected chi connectivity index (χ3v) is 4.10. The van der Waals surface area contributed by atoms with Crippen molar-refractivity contribution in [2.24, 2.45) is 0 Å². The normalized spacial score (nSPS) is 10.9. The summed E-state index contributed by atoms with van der Waals surface area (Å²) in [7, 11) is 3.01. The molecule has 1 heterocycles. The van der Waals surface area contributed by atoms with Crippen LogP contribution in [0.25, 0.3) is 11.0 Å². The van der Waals surface area contributed by atoms with Crippen LogP contribution in [0.15, 0.2) is 27.4 Å². The Balaban J connectivity index is 2.27. The first-order valence-corrected chi connectivity index (χ1v) is 8.24. The summed E-state index contributed by atoms with van der Waals surface area (Å²) in [6.07, 6.45) is 0. The van der Waals surface area contributed by atoms with Crippen molar-refractivity contribution in [3.63, 3.8) is 0 Å². The van der Waals surface area contributed by atoms with E-state index in [1.807, 2.05) is 0 Å². The molecule has 0 aliphatic rings. The molecule has 136 valence electrons. The molecule has 0 unspecified atom stereocenters. The van der Waals surface area contributed by atoms with Crippen LogP contribution in [0.3, 0.4) is 0 Å². The van der Waals surface area contributed by atoms with E-state index in [0.717, 1.165) is 19.6 Å². The van der Waals surface area contributed by atoms with E-state index in [-0.39, 0.29) is 5.56 Å². The number of methoxy groups -OCH3 is 2. The minimum absolute atomic E-state index is 0.0458. The first-order chi connectivity index (χ1) is 12.0. The molecule has 25 heavy (non-hydrogen) atoms. The molecule has 0 atom stereocenters. The minimum atomic E-state index is -0.692. The van der Waals surface area contributed by atoms with Crippen LogP contribution in [-0.2, 0) is 0 Å². The largest absolute Gasteiger partial charge is 0.496 e. The smallest absolute Gasteiger partial charge is 0.349 e. The van der Waals surface area contributed by atoms with E-state index in [0.29, 0.717) is 29.0 Å². The molecule has 0 aliphatic heterocycles. The Hall–Kier alpha value is -2.54. The van der Waals surface area contributed by atoms with Gasteiger partial charge in [-0.05, 0) is 19.2 Å². The van der Waals surface area contributed by atoms with Gasteiger partial charge < -0.3 is 24.1 Å². The van der Waals surface area contributed by atoms with Gasteiger partial charge in [-0.1, -0.05) is 13.8 Å². The number of carbonyl (C=O) groups is 1. The molecular formula is C18H24N2O5. The monoisotopic (exact) mass is 348 g/mol. The first-order valence-electron chi connectivity index (χ1n) is 8.24. The fourth-order valence-electron chi connectivity index (χ4n) is 2.57. The van der Waals surface area contributed by atoms with Crippen molar-refractivity contribution < 1.29 is 18.7 Å². The van der Waals surface area contributed by atoms with Gasteiger partial charge in [-0.15, -0.1) is 0 Å². The molecule has 1 amide bonds. The van der Waals surface area contributed by atoms with Crippen LogP contribution in [0.5, 0.6) is 11.5 Å². The van der Waals surface area contributed by atoms with Gasteiger partial charge in [0.25, 0.3) is 5.91 Å². The average molecular weight is 348 g/mol. The van der Waals surface area contributed by atoms with Gasteiger partial charge in [-0.3, -0.25) is 4.79 Å². The number of likely N-dealkylation sites (N-methyl/N-ethyl adjacent to an activating group) is 1. The van der Waals surface area contributed by atoms with E-state index in [9.17, 15) is 9.59 Å². The zero-order valence-electron chi connectivity index (χ0n) is 15.0. The van der Waals surface area contributed by atoms with E-state index in [4.69, 9.17) is 13.9 Å². The predicted molar refractivity (Wildman–Crippen MR) is 95.7 cm³/mol. The van der Waals surface area contributed by atoms with Gasteiger partial charge in [0.2, 0.25) is 0 Å². The highest BCUT2D eigenvalue weighted by atomic mass is 16.5. The second-order valence-electron chi connectivity index (χ2n) is 5.47. The van der Waals surface area contributed by atoms with E-state index in [1.165, 1.54) is 20.3 Å². The topological polar surface area (TPSA) is 81.0 Å². The fraction of sp³-hybridized carbons (Fsp3) is 0.444. The van der Waals surface area contributed by atoms with Gasteiger partial charge >= 0.3 is 5.63 Å². The number of benzene rings is 1. The van der Waals surface area contributed by atoms with Crippen molar-refractivity contribution in [1.29, 1.82) is 0 Å². The van der Waals surface area contributed by atoms with E-state index in [1.54, 1.807) is 12.1 Å². The molecule has 7 heteroatoms. The summed E-state index contributed by atoms with van der Waals surface area (Å²) >= 11 is 0. The van der Waals surface area contributed by atoms with Crippen LogP contribution in [0, 0.1) is 0 Å². The molecule has 2 aromatic rings. The Morgan fingerprint density at radius 1 is 1.16 bits per heavy atom. The zero-order valence-corrected chi connectivity index (χ0v) is 15.0. The lowest BCUT2D eigenvalue weighted by molar-refractivity contribution is 0.0945. The molecule has 0 saturated carbocycles. The summed E-state index contributed by atoms with van der Waals surface area (Å²) < 4.78 is 15.7. The second-order valence-corrected chi connectivity index (χ2v) is 5.47. The van der Waals surface area contributed by atoms with Crippen molar-refractivity contribution in [3.8, 4) is 11.5 Å². The molecule has 0 bridgehead atoms. The molecule has 0 spiro atoms. The number of fused-ring (bicyclic) bond motifs is 1. The summed E-state index contributed by atoms with van der Waals surface area (Å²) in [6.45, 7) is 7.11. The number of hydrogen-bond acceptors (Lipinski definition) is 6. The molecule has 0 fully saturated rings. The molecule has 1 N–H and O–H groups in total. The number of amides is 1. The molecule has 2 rings (SSSR count). The highest BCUT2D eigenvalue weighted by Crippen LogP contribution is 2.30. The number of nitrogens with zero attached hydrogens (tertiary/aromatic N) is 1. The third kappa shape index (κ3) is 4.30. The highest BCUT2D eigenvalue weighted by molar-refractivity contribution is 5.98. The van der Waals surface area contributed by atoms with Gasteiger partial charge in [-0.2, -0.15) is 0 Å². The molecule has 1 aromatic carbocycles. The Morgan fingerprint density at radius 2 is 1.88 bits per heavy atom. The highest BCUT2D eigenvalue weighted by Gasteiger charge is 2.16. The summed E-state index contributed by atoms with van der Waals surface area (Å²) in [5.41, 5.74) is -0.431. The van der Waals surface area contributed by atoms with Gasteiger partial charge in [0, 0.05) is 25.2 Å².